The highest BCUT2D eigenvalue weighted by Crippen LogP contribution is 2.36. The maximum Gasteiger partial charge on any atom is 0.254 e. The number of hydrogen-bond acceptors (Lipinski definition) is 4. The fraction of sp³-hybridized carbons (Fsp3) is 0.364. The molecule has 2 aliphatic heterocycles. The van der Waals surface area contributed by atoms with E-state index >= 15 is 0 Å². The van der Waals surface area contributed by atoms with Crippen LogP contribution >= 0.6 is 24.2 Å². The number of halogens is 1. The van der Waals surface area contributed by atoms with Gasteiger partial charge in [-0.05, 0) is 42.7 Å². The SMILES string of the molecule is CCc1ccc(C2CNCCN2C(=O)c2ccc3c(c2)NC(=O)C(C)S3)cc1.Cl. The Kier molecular flexibility index (Phi) is 6.88. The van der Waals surface area contributed by atoms with Crippen LogP contribution in [0.5, 0.6) is 0 Å². The molecule has 2 aliphatic rings. The number of fused-ring (bicyclic) bond motifs is 1. The molecule has 2 amide bonds. The summed E-state index contributed by atoms with van der Waals surface area (Å²) >= 11 is 1.53. The number of anilines is 1. The smallest absolute Gasteiger partial charge is 0.254 e. The number of amides is 2. The van der Waals surface area contributed by atoms with Gasteiger partial charge in [0.05, 0.1) is 17.0 Å². The molecular formula is C22H26ClN3O2S. The molecule has 2 aromatic rings. The lowest BCUT2D eigenvalue weighted by atomic mass is 10.00. The minimum absolute atomic E-state index is 0. The van der Waals surface area contributed by atoms with Crippen molar-refractivity contribution in [3.63, 3.8) is 0 Å². The van der Waals surface area contributed by atoms with Gasteiger partial charge in [-0.25, -0.2) is 0 Å². The lowest BCUT2D eigenvalue weighted by molar-refractivity contribution is -0.115. The molecule has 0 aromatic heterocycles. The van der Waals surface area contributed by atoms with Crippen LogP contribution in [-0.2, 0) is 11.2 Å². The monoisotopic (exact) mass is 431 g/mol. The lowest BCUT2D eigenvalue weighted by Gasteiger charge is -2.37. The molecule has 0 spiro atoms. The fourth-order valence-corrected chi connectivity index (χ4v) is 4.66. The topological polar surface area (TPSA) is 61.4 Å². The summed E-state index contributed by atoms with van der Waals surface area (Å²) in [6.07, 6.45) is 1.00. The molecule has 2 N–H and O–H groups in total. The van der Waals surface area contributed by atoms with Crippen molar-refractivity contribution in [3.05, 3.63) is 59.2 Å². The zero-order valence-electron chi connectivity index (χ0n) is 16.6. The van der Waals surface area contributed by atoms with E-state index in [1.54, 1.807) is 0 Å². The predicted molar refractivity (Wildman–Crippen MR) is 120 cm³/mol. The molecule has 0 saturated carbocycles. The minimum atomic E-state index is -0.113. The van der Waals surface area contributed by atoms with Crippen LogP contribution < -0.4 is 10.6 Å². The number of nitrogens with zero attached hydrogens (tertiary/aromatic N) is 1. The highest BCUT2D eigenvalue weighted by molar-refractivity contribution is 8.00. The van der Waals surface area contributed by atoms with Crippen molar-refractivity contribution in [1.82, 2.24) is 10.2 Å². The number of aryl methyl sites for hydroxylation is 1. The molecule has 5 nitrogen and oxygen atoms in total. The van der Waals surface area contributed by atoms with Gasteiger partial charge in [0, 0.05) is 30.1 Å². The van der Waals surface area contributed by atoms with Crippen molar-refractivity contribution < 1.29 is 9.59 Å². The van der Waals surface area contributed by atoms with Crippen molar-refractivity contribution in [2.75, 3.05) is 25.0 Å². The largest absolute Gasteiger partial charge is 0.329 e. The zero-order valence-corrected chi connectivity index (χ0v) is 18.2. The molecule has 1 saturated heterocycles. The number of piperazine rings is 1. The first-order chi connectivity index (χ1) is 13.6. The Balaban J connectivity index is 0.00000240. The van der Waals surface area contributed by atoms with Gasteiger partial charge in [0.15, 0.2) is 0 Å². The molecule has 29 heavy (non-hydrogen) atoms. The number of carbonyl (C=O) groups excluding carboxylic acids is 2. The van der Waals surface area contributed by atoms with E-state index in [0.29, 0.717) is 12.1 Å². The third-order valence-electron chi connectivity index (χ3n) is 5.43. The summed E-state index contributed by atoms with van der Waals surface area (Å²) in [5.41, 5.74) is 3.79. The van der Waals surface area contributed by atoms with Crippen LogP contribution in [0.25, 0.3) is 0 Å². The molecule has 2 aromatic carbocycles. The van der Waals surface area contributed by atoms with Crippen molar-refractivity contribution in [1.29, 1.82) is 0 Å². The van der Waals surface area contributed by atoms with Crippen LogP contribution in [0.1, 0.15) is 41.4 Å². The summed E-state index contributed by atoms with van der Waals surface area (Å²) < 4.78 is 0. The average Bonchev–Trinajstić information content (AvgIpc) is 2.74. The van der Waals surface area contributed by atoms with E-state index < -0.39 is 0 Å². The van der Waals surface area contributed by atoms with Crippen LogP contribution in [0, 0.1) is 0 Å². The van der Waals surface area contributed by atoms with Crippen LogP contribution in [0.15, 0.2) is 47.4 Å². The second-order valence-electron chi connectivity index (χ2n) is 7.27. The Morgan fingerprint density at radius 1 is 1.21 bits per heavy atom. The maximum absolute atomic E-state index is 13.3. The first-order valence-electron chi connectivity index (χ1n) is 9.79. The van der Waals surface area contributed by atoms with Gasteiger partial charge in [-0.2, -0.15) is 0 Å². The molecule has 0 aliphatic carbocycles. The van der Waals surface area contributed by atoms with Crippen molar-refractivity contribution in [2.45, 2.75) is 36.5 Å². The lowest BCUT2D eigenvalue weighted by Crippen LogP contribution is -2.48. The molecule has 2 heterocycles. The molecule has 7 heteroatoms. The Morgan fingerprint density at radius 3 is 2.69 bits per heavy atom. The standard InChI is InChI=1S/C22H25N3O2S.ClH/c1-3-15-4-6-16(7-5-15)19-13-23-10-11-25(19)22(27)17-8-9-20-18(12-17)24-21(26)14(2)28-20;/h4-9,12,14,19,23H,3,10-11,13H2,1-2H3,(H,24,26);1H. The van der Waals surface area contributed by atoms with E-state index in [-0.39, 0.29) is 35.5 Å². The van der Waals surface area contributed by atoms with E-state index in [4.69, 9.17) is 0 Å². The molecule has 2 atom stereocenters. The van der Waals surface area contributed by atoms with Crippen LogP contribution in [0.3, 0.4) is 0 Å². The van der Waals surface area contributed by atoms with E-state index in [0.717, 1.165) is 35.7 Å². The van der Waals surface area contributed by atoms with E-state index in [1.165, 1.54) is 17.3 Å². The number of benzene rings is 2. The average molecular weight is 432 g/mol. The summed E-state index contributed by atoms with van der Waals surface area (Å²) in [4.78, 5) is 28.3. The van der Waals surface area contributed by atoms with Gasteiger partial charge < -0.3 is 15.5 Å². The predicted octanol–water partition coefficient (Wildman–Crippen LogP) is 3.89. The van der Waals surface area contributed by atoms with Gasteiger partial charge in [-0.15, -0.1) is 24.2 Å². The van der Waals surface area contributed by atoms with Crippen molar-refractivity contribution in [2.24, 2.45) is 0 Å². The van der Waals surface area contributed by atoms with Gasteiger partial charge in [0.1, 0.15) is 0 Å². The molecule has 1 fully saturated rings. The molecule has 0 radical (unpaired) electrons. The minimum Gasteiger partial charge on any atom is -0.329 e. The van der Waals surface area contributed by atoms with E-state index in [2.05, 4.69) is 41.8 Å². The Hall–Kier alpha value is -2.02. The number of carbonyl (C=O) groups is 2. The molecule has 4 rings (SSSR count). The summed E-state index contributed by atoms with van der Waals surface area (Å²) in [5.74, 6) is -0.00935. The summed E-state index contributed by atoms with van der Waals surface area (Å²) in [6.45, 7) is 6.21. The van der Waals surface area contributed by atoms with Gasteiger partial charge in [-0.1, -0.05) is 31.2 Å². The number of thioether (sulfide) groups is 1. The van der Waals surface area contributed by atoms with Gasteiger partial charge in [0.25, 0.3) is 5.91 Å². The van der Waals surface area contributed by atoms with Crippen molar-refractivity contribution >= 4 is 41.7 Å². The first kappa shape index (κ1) is 21.7. The second kappa shape index (κ2) is 9.20. The maximum atomic E-state index is 13.3. The summed E-state index contributed by atoms with van der Waals surface area (Å²) in [6, 6.07) is 14.2. The number of hydrogen-bond donors (Lipinski definition) is 2. The Bertz CT molecular complexity index is 903. The van der Waals surface area contributed by atoms with Gasteiger partial charge in [-0.3, -0.25) is 9.59 Å². The third-order valence-corrected chi connectivity index (χ3v) is 6.61. The van der Waals surface area contributed by atoms with Crippen LogP contribution in [0.4, 0.5) is 5.69 Å². The number of rotatable bonds is 3. The normalized spacial score (nSPS) is 21.0. The molecular weight excluding hydrogens is 406 g/mol. The van der Waals surface area contributed by atoms with E-state index in [1.807, 2.05) is 30.0 Å². The quantitative estimate of drug-likeness (QED) is 0.773. The first-order valence-corrected chi connectivity index (χ1v) is 10.7. The van der Waals surface area contributed by atoms with Crippen LogP contribution in [0.2, 0.25) is 0 Å². The van der Waals surface area contributed by atoms with Gasteiger partial charge in [0.2, 0.25) is 5.91 Å². The highest BCUT2D eigenvalue weighted by atomic mass is 35.5. The van der Waals surface area contributed by atoms with E-state index in [9.17, 15) is 9.59 Å². The van der Waals surface area contributed by atoms with Crippen LogP contribution in [-0.4, -0.2) is 41.6 Å². The third kappa shape index (κ3) is 4.44. The summed E-state index contributed by atoms with van der Waals surface area (Å²) in [7, 11) is 0. The Labute approximate surface area is 182 Å². The molecule has 154 valence electrons. The highest BCUT2D eigenvalue weighted by Gasteiger charge is 2.30. The van der Waals surface area contributed by atoms with Gasteiger partial charge >= 0.3 is 0 Å². The fourth-order valence-electron chi connectivity index (χ4n) is 3.73. The molecule has 0 bridgehead atoms. The van der Waals surface area contributed by atoms with Crippen molar-refractivity contribution in [3.8, 4) is 0 Å². The Morgan fingerprint density at radius 2 is 1.97 bits per heavy atom. The number of nitrogens with one attached hydrogen (secondary N) is 2. The summed E-state index contributed by atoms with van der Waals surface area (Å²) in [5, 5.41) is 6.21. The zero-order chi connectivity index (χ0) is 19.7. The molecule has 2 unspecified atom stereocenters. The second-order valence-corrected chi connectivity index (χ2v) is 8.66.